The predicted octanol–water partition coefficient (Wildman–Crippen LogP) is 1.80. The maximum Gasteiger partial charge on any atom is 0.234 e. The first-order chi connectivity index (χ1) is 8.15. The molecule has 1 amide bonds. The highest BCUT2D eigenvalue weighted by atomic mass is 79.9. The van der Waals surface area contributed by atoms with Crippen LogP contribution in [0, 0.1) is 0 Å². The fourth-order valence-corrected chi connectivity index (χ4v) is 1.70. The molecule has 0 fully saturated rings. The summed E-state index contributed by atoms with van der Waals surface area (Å²) in [5.41, 5.74) is 0.972. The number of carbonyl (C=O) groups excluding carboxylic acids is 1. The molecule has 0 aliphatic carbocycles. The van der Waals surface area contributed by atoms with Crippen molar-refractivity contribution in [1.82, 2.24) is 15.2 Å². The second-order valence-corrected chi connectivity index (χ2v) is 4.64. The second kappa shape index (κ2) is 7.40. The number of pyridine rings is 1. The average Bonchev–Trinajstić information content (AvgIpc) is 2.31. The molecule has 0 aromatic carbocycles. The third kappa shape index (κ3) is 5.28. The van der Waals surface area contributed by atoms with E-state index in [1.807, 2.05) is 26.0 Å². The van der Waals surface area contributed by atoms with Gasteiger partial charge in [0.2, 0.25) is 5.91 Å². The number of likely N-dealkylation sites (N-methyl/N-ethyl adjacent to an activating group) is 2. The molecule has 1 heterocycles. The van der Waals surface area contributed by atoms with Crippen molar-refractivity contribution in [2.75, 3.05) is 19.6 Å². The van der Waals surface area contributed by atoms with Gasteiger partial charge in [0.15, 0.2) is 0 Å². The first kappa shape index (κ1) is 14.1. The van der Waals surface area contributed by atoms with Crippen LogP contribution in [0.3, 0.4) is 0 Å². The molecule has 1 rings (SSSR count). The van der Waals surface area contributed by atoms with Crippen molar-refractivity contribution >= 4 is 21.8 Å². The van der Waals surface area contributed by atoms with Gasteiger partial charge < -0.3 is 5.32 Å². The van der Waals surface area contributed by atoms with E-state index >= 15 is 0 Å². The zero-order valence-electron chi connectivity index (χ0n) is 10.2. The molecular weight excluding hydrogens is 282 g/mol. The van der Waals surface area contributed by atoms with Gasteiger partial charge in [-0.1, -0.05) is 6.92 Å². The minimum atomic E-state index is 0.0615. The lowest BCUT2D eigenvalue weighted by Crippen LogP contribution is -2.36. The van der Waals surface area contributed by atoms with Crippen LogP contribution < -0.4 is 5.32 Å². The summed E-state index contributed by atoms with van der Waals surface area (Å²) in [7, 11) is 0. The molecule has 0 aliphatic rings. The van der Waals surface area contributed by atoms with Crippen molar-refractivity contribution in [2.45, 2.75) is 20.4 Å². The summed E-state index contributed by atoms with van der Waals surface area (Å²) in [5.74, 6) is 0.0615. The van der Waals surface area contributed by atoms with Gasteiger partial charge in [-0.2, -0.15) is 0 Å². The molecule has 17 heavy (non-hydrogen) atoms. The van der Waals surface area contributed by atoms with Crippen molar-refractivity contribution in [3.05, 3.63) is 28.5 Å². The Morgan fingerprint density at radius 2 is 2.24 bits per heavy atom. The first-order valence-corrected chi connectivity index (χ1v) is 6.54. The van der Waals surface area contributed by atoms with Gasteiger partial charge in [-0.3, -0.25) is 14.7 Å². The van der Waals surface area contributed by atoms with Crippen molar-refractivity contribution < 1.29 is 4.79 Å². The largest absolute Gasteiger partial charge is 0.355 e. The van der Waals surface area contributed by atoms with Gasteiger partial charge in [-0.05, 0) is 41.5 Å². The zero-order valence-corrected chi connectivity index (χ0v) is 11.8. The normalized spacial score (nSPS) is 10.6. The predicted molar refractivity (Wildman–Crippen MR) is 71.6 cm³/mol. The fraction of sp³-hybridized carbons (Fsp3) is 0.500. The second-order valence-electron chi connectivity index (χ2n) is 3.72. The third-order valence-electron chi connectivity index (χ3n) is 2.36. The number of amides is 1. The van der Waals surface area contributed by atoms with Crippen LogP contribution in [0.25, 0.3) is 0 Å². The topological polar surface area (TPSA) is 45.2 Å². The third-order valence-corrected chi connectivity index (χ3v) is 2.83. The number of hydrogen-bond donors (Lipinski definition) is 1. The van der Waals surface area contributed by atoms with Gasteiger partial charge in [-0.25, -0.2) is 0 Å². The van der Waals surface area contributed by atoms with Gasteiger partial charge in [0.1, 0.15) is 0 Å². The Kier molecular flexibility index (Phi) is 6.15. The number of nitrogens with zero attached hydrogens (tertiary/aromatic N) is 2. The van der Waals surface area contributed by atoms with Gasteiger partial charge in [0.25, 0.3) is 0 Å². The molecule has 4 nitrogen and oxygen atoms in total. The van der Waals surface area contributed by atoms with Crippen LogP contribution in [0.1, 0.15) is 19.5 Å². The van der Waals surface area contributed by atoms with E-state index in [0.717, 1.165) is 16.7 Å². The molecule has 94 valence electrons. The fourth-order valence-electron chi connectivity index (χ4n) is 1.46. The summed E-state index contributed by atoms with van der Waals surface area (Å²) in [6.45, 7) is 6.58. The Hall–Kier alpha value is -0.940. The highest BCUT2D eigenvalue weighted by Gasteiger charge is 2.09. The van der Waals surface area contributed by atoms with E-state index in [2.05, 4.69) is 31.1 Å². The van der Waals surface area contributed by atoms with Gasteiger partial charge in [0.05, 0.1) is 12.2 Å². The summed E-state index contributed by atoms with van der Waals surface area (Å²) in [6.07, 6.45) is 1.77. The average molecular weight is 300 g/mol. The summed E-state index contributed by atoms with van der Waals surface area (Å²) in [4.78, 5) is 17.8. The number of aromatic nitrogens is 1. The number of rotatable bonds is 6. The molecule has 1 aromatic heterocycles. The summed E-state index contributed by atoms with van der Waals surface area (Å²) < 4.78 is 0.966. The number of nitrogens with one attached hydrogen (secondary N) is 1. The van der Waals surface area contributed by atoms with Crippen LogP contribution in [0.15, 0.2) is 22.8 Å². The standard InChI is InChI=1S/C12H18BrN3O/c1-3-14-12(17)9-16(4-2)8-11-6-5-10(13)7-15-11/h5-7H,3-4,8-9H2,1-2H3,(H,14,17). The van der Waals surface area contributed by atoms with Gasteiger partial charge in [-0.15, -0.1) is 0 Å². The van der Waals surface area contributed by atoms with Crippen molar-refractivity contribution in [3.63, 3.8) is 0 Å². The van der Waals surface area contributed by atoms with Crippen LogP contribution in [0.2, 0.25) is 0 Å². The minimum Gasteiger partial charge on any atom is -0.355 e. The van der Waals surface area contributed by atoms with Gasteiger partial charge in [0, 0.05) is 23.8 Å². The summed E-state index contributed by atoms with van der Waals surface area (Å²) in [5, 5.41) is 2.80. The van der Waals surface area contributed by atoms with Crippen LogP contribution in [-0.2, 0) is 11.3 Å². The molecule has 1 aromatic rings. The summed E-state index contributed by atoms with van der Waals surface area (Å²) >= 11 is 3.35. The molecule has 0 aliphatic heterocycles. The highest BCUT2D eigenvalue weighted by Crippen LogP contribution is 2.08. The van der Waals surface area contributed by atoms with Crippen molar-refractivity contribution in [3.8, 4) is 0 Å². The molecule has 5 heteroatoms. The van der Waals surface area contributed by atoms with Crippen molar-refractivity contribution in [2.24, 2.45) is 0 Å². The van der Waals surface area contributed by atoms with Crippen LogP contribution in [0.5, 0.6) is 0 Å². The SMILES string of the molecule is CCNC(=O)CN(CC)Cc1ccc(Br)cn1. The van der Waals surface area contributed by atoms with E-state index in [1.165, 1.54) is 0 Å². The van der Waals surface area contributed by atoms with Crippen LogP contribution in [0.4, 0.5) is 0 Å². The quantitative estimate of drug-likeness (QED) is 0.871. The molecule has 0 spiro atoms. The van der Waals surface area contributed by atoms with E-state index in [0.29, 0.717) is 19.6 Å². The van der Waals surface area contributed by atoms with Gasteiger partial charge >= 0.3 is 0 Å². The number of carbonyl (C=O) groups is 1. The first-order valence-electron chi connectivity index (χ1n) is 5.75. The molecule has 0 saturated carbocycles. The Labute approximate surface area is 111 Å². The Morgan fingerprint density at radius 3 is 2.76 bits per heavy atom. The van der Waals surface area contributed by atoms with Crippen molar-refractivity contribution in [1.29, 1.82) is 0 Å². The smallest absolute Gasteiger partial charge is 0.234 e. The lowest BCUT2D eigenvalue weighted by Gasteiger charge is -2.19. The molecule has 0 unspecified atom stereocenters. The van der Waals surface area contributed by atoms with E-state index in [4.69, 9.17) is 0 Å². The summed E-state index contributed by atoms with van der Waals surface area (Å²) in [6, 6.07) is 3.92. The molecule has 0 atom stereocenters. The van der Waals surface area contributed by atoms with Crippen LogP contribution >= 0.6 is 15.9 Å². The lowest BCUT2D eigenvalue weighted by atomic mass is 10.3. The molecule has 0 bridgehead atoms. The Morgan fingerprint density at radius 1 is 1.47 bits per heavy atom. The van der Waals surface area contributed by atoms with Crippen LogP contribution in [-0.4, -0.2) is 35.4 Å². The van der Waals surface area contributed by atoms with E-state index in [1.54, 1.807) is 6.20 Å². The lowest BCUT2D eigenvalue weighted by molar-refractivity contribution is -0.122. The number of hydrogen-bond acceptors (Lipinski definition) is 3. The highest BCUT2D eigenvalue weighted by molar-refractivity contribution is 9.10. The molecule has 1 N–H and O–H groups in total. The maximum absolute atomic E-state index is 11.5. The van der Waals surface area contributed by atoms with E-state index < -0.39 is 0 Å². The van der Waals surface area contributed by atoms with E-state index in [-0.39, 0.29) is 5.91 Å². The number of halogens is 1. The molecular formula is C12H18BrN3O. The monoisotopic (exact) mass is 299 g/mol. The zero-order chi connectivity index (χ0) is 12.7. The molecule has 0 radical (unpaired) electrons. The Bertz CT molecular complexity index is 353. The Balaban J connectivity index is 2.51. The maximum atomic E-state index is 11.5. The van der Waals surface area contributed by atoms with E-state index in [9.17, 15) is 4.79 Å². The molecule has 0 saturated heterocycles. The minimum absolute atomic E-state index is 0.0615.